The Kier molecular flexibility index (Phi) is 4.30. The minimum absolute atomic E-state index is 0.0924. The number of nitrogens with zero attached hydrogens (tertiary/aromatic N) is 4. The third kappa shape index (κ3) is 2.73. The Hall–Kier alpha value is -1.88. The molecule has 0 bridgehead atoms. The van der Waals surface area contributed by atoms with Crippen LogP contribution in [0, 0.1) is 11.3 Å². The van der Waals surface area contributed by atoms with Crippen molar-refractivity contribution < 1.29 is 4.79 Å². The first kappa shape index (κ1) is 17.5. The lowest BCUT2D eigenvalue weighted by molar-refractivity contribution is -0.135. The van der Waals surface area contributed by atoms with Gasteiger partial charge in [0.05, 0.1) is 27.4 Å². The Bertz CT molecular complexity index is 893. The molecule has 0 aromatic carbocycles. The number of halogens is 1. The van der Waals surface area contributed by atoms with Crippen LogP contribution in [0.3, 0.4) is 0 Å². The van der Waals surface area contributed by atoms with Crippen molar-refractivity contribution in [3.8, 4) is 0 Å². The van der Waals surface area contributed by atoms with Crippen molar-refractivity contribution in [1.29, 1.82) is 0 Å². The highest BCUT2D eigenvalue weighted by Gasteiger charge is 2.46. The zero-order valence-corrected chi connectivity index (χ0v) is 16.4. The molecule has 0 radical (unpaired) electrons. The number of hydrogen-bond acceptors (Lipinski definition) is 3. The van der Waals surface area contributed by atoms with E-state index < -0.39 is 5.41 Å². The Balaban J connectivity index is 1.80. The maximum absolute atomic E-state index is 13.1. The molecule has 0 unspecified atom stereocenters. The number of hydrazone groups is 1. The highest BCUT2D eigenvalue weighted by Crippen LogP contribution is 2.37. The van der Waals surface area contributed by atoms with Crippen LogP contribution in [0.2, 0.25) is 5.02 Å². The summed E-state index contributed by atoms with van der Waals surface area (Å²) in [5.41, 5.74) is 3.07. The van der Waals surface area contributed by atoms with E-state index in [0.29, 0.717) is 10.9 Å². The second kappa shape index (κ2) is 6.38. The maximum atomic E-state index is 13.1. The molecule has 5 nitrogen and oxygen atoms in total. The molecule has 1 amide bonds. The van der Waals surface area contributed by atoms with Crippen LogP contribution in [0.1, 0.15) is 57.7 Å². The molecular weight excluding hydrogens is 348 g/mol. The molecule has 1 saturated carbocycles. The van der Waals surface area contributed by atoms with Crippen LogP contribution in [-0.2, 0) is 11.2 Å². The zero-order valence-electron chi connectivity index (χ0n) is 15.6. The van der Waals surface area contributed by atoms with E-state index in [-0.39, 0.29) is 5.91 Å². The second-order valence-electron chi connectivity index (χ2n) is 7.96. The van der Waals surface area contributed by atoms with Gasteiger partial charge < -0.3 is 0 Å². The summed E-state index contributed by atoms with van der Waals surface area (Å²) in [5, 5.41) is 11.9. The van der Waals surface area contributed by atoms with Gasteiger partial charge in [-0.1, -0.05) is 31.4 Å². The fourth-order valence-electron chi connectivity index (χ4n) is 4.22. The summed E-state index contributed by atoms with van der Waals surface area (Å²) in [7, 11) is 0. The number of hydrogen-bond donors (Lipinski definition) is 0. The number of aryl methyl sites for hydroxylation is 1. The molecule has 6 heteroatoms. The Morgan fingerprint density at radius 1 is 1.27 bits per heavy atom. The van der Waals surface area contributed by atoms with E-state index in [0.717, 1.165) is 35.5 Å². The molecular formula is C20H25ClN4O. The summed E-state index contributed by atoms with van der Waals surface area (Å²) in [6, 6.07) is 3.83. The minimum Gasteiger partial charge on any atom is -0.272 e. The second-order valence-corrected chi connectivity index (χ2v) is 8.40. The molecule has 0 atom stereocenters. The molecule has 0 N–H and O–H groups in total. The Labute approximate surface area is 159 Å². The molecule has 26 heavy (non-hydrogen) atoms. The van der Waals surface area contributed by atoms with Gasteiger partial charge in [-0.3, -0.25) is 4.79 Å². The van der Waals surface area contributed by atoms with Crippen molar-refractivity contribution in [2.75, 3.05) is 6.54 Å². The summed E-state index contributed by atoms with van der Waals surface area (Å²) in [4.78, 5) is 13.1. The van der Waals surface area contributed by atoms with E-state index >= 15 is 0 Å². The summed E-state index contributed by atoms with van der Waals surface area (Å²) < 4.78 is 1.80. The fourth-order valence-corrected chi connectivity index (χ4v) is 4.37. The molecule has 3 heterocycles. The molecule has 1 fully saturated rings. The number of carbonyl (C=O) groups is 1. The largest absolute Gasteiger partial charge is 0.272 e. The average Bonchev–Trinajstić information content (AvgIpc) is 3.28. The van der Waals surface area contributed by atoms with Crippen molar-refractivity contribution in [1.82, 2.24) is 14.6 Å². The van der Waals surface area contributed by atoms with Gasteiger partial charge in [0.2, 0.25) is 0 Å². The van der Waals surface area contributed by atoms with Crippen molar-refractivity contribution in [3.63, 3.8) is 0 Å². The number of carbonyl (C=O) groups excluding carboxylic acids is 1. The van der Waals surface area contributed by atoms with Crippen LogP contribution in [0.4, 0.5) is 0 Å². The van der Waals surface area contributed by atoms with Crippen LogP contribution >= 0.6 is 11.6 Å². The third-order valence-electron chi connectivity index (χ3n) is 5.73. The summed E-state index contributed by atoms with van der Waals surface area (Å²) in [6.07, 6.45) is 7.51. The summed E-state index contributed by atoms with van der Waals surface area (Å²) >= 11 is 6.13. The quantitative estimate of drug-likeness (QED) is 0.802. The van der Waals surface area contributed by atoms with E-state index in [1.54, 1.807) is 15.7 Å². The highest BCUT2D eigenvalue weighted by molar-refractivity contribution is 6.30. The van der Waals surface area contributed by atoms with Gasteiger partial charge in [-0.2, -0.15) is 10.2 Å². The number of aromatic nitrogens is 2. The summed E-state index contributed by atoms with van der Waals surface area (Å²) in [6.45, 7) is 6.76. The molecule has 2 aliphatic rings. The predicted octanol–water partition coefficient (Wildman–Crippen LogP) is 4.31. The lowest BCUT2D eigenvalue weighted by atomic mass is 9.82. The highest BCUT2D eigenvalue weighted by atomic mass is 35.5. The van der Waals surface area contributed by atoms with E-state index in [1.807, 2.05) is 26.0 Å². The zero-order chi connectivity index (χ0) is 18.5. The van der Waals surface area contributed by atoms with Gasteiger partial charge in [0.1, 0.15) is 0 Å². The maximum Gasteiger partial charge on any atom is 0.254 e. The van der Waals surface area contributed by atoms with Crippen LogP contribution in [-0.4, -0.2) is 32.8 Å². The van der Waals surface area contributed by atoms with Crippen molar-refractivity contribution in [3.05, 3.63) is 34.6 Å². The summed E-state index contributed by atoms with van der Waals surface area (Å²) in [5.74, 6) is 0.668. The SMILES string of the molecule is CCc1nn2cc(Cl)ccc2c1C1=NN(CC2CCCC2)C(=O)C1(C)C. The van der Waals surface area contributed by atoms with Gasteiger partial charge in [-0.15, -0.1) is 0 Å². The van der Waals surface area contributed by atoms with Gasteiger partial charge in [-0.25, -0.2) is 9.52 Å². The normalized spacial score (nSPS) is 20.4. The van der Waals surface area contributed by atoms with Gasteiger partial charge in [0.15, 0.2) is 0 Å². The minimum atomic E-state index is -0.647. The topological polar surface area (TPSA) is 50.0 Å². The smallest absolute Gasteiger partial charge is 0.254 e. The average molecular weight is 373 g/mol. The number of rotatable bonds is 4. The molecule has 2 aromatic heterocycles. The molecule has 4 rings (SSSR count). The first-order valence-electron chi connectivity index (χ1n) is 9.50. The molecule has 1 aliphatic heterocycles. The van der Waals surface area contributed by atoms with Crippen molar-refractivity contribution in [2.45, 2.75) is 52.9 Å². The van der Waals surface area contributed by atoms with Crippen molar-refractivity contribution in [2.24, 2.45) is 16.4 Å². The van der Waals surface area contributed by atoms with Crippen LogP contribution in [0.15, 0.2) is 23.4 Å². The number of amides is 1. The first-order chi connectivity index (χ1) is 12.4. The number of pyridine rings is 1. The van der Waals surface area contributed by atoms with Crippen molar-refractivity contribution >= 4 is 28.7 Å². The van der Waals surface area contributed by atoms with Gasteiger partial charge in [0.25, 0.3) is 5.91 Å². The Morgan fingerprint density at radius 3 is 2.69 bits per heavy atom. The monoisotopic (exact) mass is 372 g/mol. The van der Waals surface area contributed by atoms with Crippen LogP contribution < -0.4 is 0 Å². The van der Waals surface area contributed by atoms with Crippen LogP contribution in [0.5, 0.6) is 0 Å². The molecule has 0 spiro atoms. The lowest BCUT2D eigenvalue weighted by Gasteiger charge is -2.21. The molecule has 1 aliphatic carbocycles. The van der Waals surface area contributed by atoms with E-state index in [4.69, 9.17) is 16.7 Å². The molecule has 2 aromatic rings. The first-order valence-corrected chi connectivity index (χ1v) is 9.87. The molecule has 0 saturated heterocycles. The molecule has 138 valence electrons. The predicted molar refractivity (Wildman–Crippen MR) is 104 cm³/mol. The van der Waals surface area contributed by atoms with E-state index in [2.05, 4.69) is 12.0 Å². The lowest BCUT2D eigenvalue weighted by Crippen LogP contribution is -2.36. The van der Waals surface area contributed by atoms with E-state index in [9.17, 15) is 4.79 Å². The Morgan fingerprint density at radius 2 is 2.00 bits per heavy atom. The number of fused-ring (bicyclic) bond motifs is 1. The van der Waals surface area contributed by atoms with Gasteiger partial charge in [-0.05, 0) is 51.2 Å². The van der Waals surface area contributed by atoms with Gasteiger partial charge >= 0.3 is 0 Å². The standard InChI is InChI=1S/C20H25ClN4O/c1-4-15-17(16-10-9-14(21)12-24(16)22-15)18-20(2,3)19(26)25(23-18)11-13-7-5-6-8-13/h9-10,12-13H,4-8,11H2,1-3H3. The van der Waals surface area contributed by atoms with Gasteiger partial charge in [0, 0.05) is 18.3 Å². The van der Waals surface area contributed by atoms with Crippen LogP contribution in [0.25, 0.3) is 5.52 Å². The fraction of sp³-hybridized carbons (Fsp3) is 0.550. The van der Waals surface area contributed by atoms with E-state index in [1.165, 1.54) is 25.7 Å². The third-order valence-corrected chi connectivity index (χ3v) is 5.95.